The van der Waals surface area contributed by atoms with Gasteiger partial charge in [0.05, 0.1) is 12.5 Å². The van der Waals surface area contributed by atoms with Crippen LogP contribution in [0, 0.1) is 5.92 Å². The second kappa shape index (κ2) is 3.71. The summed E-state index contributed by atoms with van der Waals surface area (Å²) in [6.07, 6.45) is 5.33. The van der Waals surface area contributed by atoms with Crippen LogP contribution in [0.15, 0.2) is 5.10 Å². The molecule has 14 heavy (non-hydrogen) atoms. The van der Waals surface area contributed by atoms with Gasteiger partial charge in [0.25, 0.3) is 0 Å². The van der Waals surface area contributed by atoms with Crippen molar-refractivity contribution in [2.45, 2.75) is 52.0 Å². The van der Waals surface area contributed by atoms with E-state index >= 15 is 0 Å². The van der Waals surface area contributed by atoms with Crippen molar-refractivity contribution in [3.05, 3.63) is 0 Å². The molecule has 1 fully saturated rings. The molecule has 0 aromatic heterocycles. The summed E-state index contributed by atoms with van der Waals surface area (Å²) in [6, 6.07) is 0.393. The zero-order valence-electron chi connectivity index (χ0n) is 8.99. The molecule has 0 bridgehead atoms. The summed E-state index contributed by atoms with van der Waals surface area (Å²) < 4.78 is 0. The Hall–Kier alpha value is -0.860. The van der Waals surface area contributed by atoms with Gasteiger partial charge in [-0.15, -0.1) is 0 Å². The smallest absolute Gasteiger partial charge is 0.248 e. The van der Waals surface area contributed by atoms with Gasteiger partial charge in [-0.05, 0) is 32.1 Å². The molecule has 1 aliphatic carbocycles. The maximum Gasteiger partial charge on any atom is 0.248 e. The molecule has 0 aromatic carbocycles. The molecular formula is C11H18N2O. The average Bonchev–Trinajstić information content (AvgIpc) is 2.71. The maximum absolute atomic E-state index is 11.6. The molecule has 0 N–H and O–H groups in total. The largest absolute Gasteiger partial charge is 0.273 e. The number of carbonyl (C=O) groups excluding carboxylic acids is 1. The van der Waals surface area contributed by atoms with Crippen molar-refractivity contribution in [2.75, 3.05) is 0 Å². The second-order valence-electron chi connectivity index (χ2n) is 4.49. The Labute approximate surface area is 85.2 Å². The molecule has 0 spiro atoms. The van der Waals surface area contributed by atoms with Crippen molar-refractivity contribution >= 4 is 11.6 Å². The summed E-state index contributed by atoms with van der Waals surface area (Å²) in [5, 5.41) is 6.06. The molecule has 0 aromatic rings. The van der Waals surface area contributed by atoms with E-state index in [1.165, 1.54) is 12.8 Å². The van der Waals surface area contributed by atoms with Crippen molar-refractivity contribution in [2.24, 2.45) is 11.0 Å². The first-order valence-corrected chi connectivity index (χ1v) is 5.56. The van der Waals surface area contributed by atoms with Gasteiger partial charge in [-0.25, -0.2) is 5.01 Å². The normalized spacial score (nSPS) is 32.6. The minimum Gasteiger partial charge on any atom is -0.273 e. The first-order chi connectivity index (χ1) is 6.70. The van der Waals surface area contributed by atoms with Crippen LogP contribution in [0.2, 0.25) is 0 Å². The molecule has 2 atom stereocenters. The lowest BCUT2D eigenvalue weighted by atomic mass is 10.1. The van der Waals surface area contributed by atoms with E-state index in [0.717, 1.165) is 24.5 Å². The van der Waals surface area contributed by atoms with E-state index in [9.17, 15) is 4.79 Å². The van der Waals surface area contributed by atoms with Crippen molar-refractivity contribution in [1.82, 2.24) is 5.01 Å². The van der Waals surface area contributed by atoms with Crippen molar-refractivity contribution in [3.8, 4) is 0 Å². The lowest BCUT2D eigenvalue weighted by Crippen LogP contribution is -2.30. The van der Waals surface area contributed by atoms with Crippen molar-refractivity contribution in [3.63, 3.8) is 0 Å². The molecule has 0 unspecified atom stereocenters. The Balaban J connectivity index is 2.00. The highest BCUT2D eigenvalue weighted by molar-refractivity contribution is 6.03. The van der Waals surface area contributed by atoms with E-state index < -0.39 is 0 Å². The van der Waals surface area contributed by atoms with Crippen LogP contribution in [0.1, 0.15) is 46.0 Å². The third kappa shape index (κ3) is 1.68. The summed E-state index contributed by atoms with van der Waals surface area (Å²) in [5.74, 6) is 1.01. The van der Waals surface area contributed by atoms with Crippen molar-refractivity contribution < 1.29 is 4.79 Å². The minimum absolute atomic E-state index is 0.198. The van der Waals surface area contributed by atoms with Crippen LogP contribution in [0.3, 0.4) is 0 Å². The van der Waals surface area contributed by atoms with Gasteiger partial charge in [-0.2, -0.15) is 5.10 Å². The molecule has 0 saturated heterocycles. The Kier molecular flexibility index (Phi) is 2.57. The molecule has 3 heteroatoms. The number of hydrogen-bond acceptors (Lipinski definition) is 2. The van der Waals surface area contributed by atoms with Crippen LogP contribution in [0.25, 0.3) is 0 Å². The summed E-state index contributed by atoms with van der Waals surface area (Å²) >= 11 is 0. The molecule has 2 rings (SSSR count). The highest BCUT2D eigenvalue weighted by Crippen LogP contribution is 2.33. The lowest BCUT2D eigenvalue weighted by Gasteiger charge is -2.19. The molecule has 78 valence electrons. The van der Waals surface area contributed by atoms with Crippen LogP contribution in [0.5, 0.6) is 0 Å². The lowest BCUT2D eigenvalue weighted by molar-refractivity contribution is -0.130. The molecule has 1 aliphatic heterocycles. The Morgan fingerprint density at radius 3 is 2.79 bits per heavy atom. The summed E-state index contributed by atoms with van der Waals surface area (Å²) in [7, 11) is 0. The molecule has 1 heterocycles. The third-order valence-corrected chi connectivity index (χ3v) is 3.38. The van der Waals surface area contributed by atoms with Crippen LogP contribution in [0.4, 0.5) is 0 Å². The van der Waals surface area contributed by atoms with E-state index in [0.29, 0.717) is 12.5 Å². The number of carbonyl (C=O) groups is 1. The highest BCUT2D eigenvalue weighted by atomic mass is 16.2. The minimum atomic E-state index is 0.198. The number of hydrazone groups is 1. The van der Waals surface area contributed by atoms with Gasteiger partial charge >= 0.3 is 0 Å². The fourth-order valence-electron chi connectivity index (χ4n) is 2.50. The fourth-order valence-corrected chi connectivity index (χ4v) is 2.50. The number of amides is 1. The van der Waals surface area contributed by atoms with Gasteiger partial charge in [-0.1, -0.05) is 13.3 Å². The summed E-state index contributed by atoms with van der Waals surface area (Å²) in [4.78, 5) is 11.6. The highest BCUT2D eigenvalue weighted by Gasteiger charge is 2.33. The summed E-state index contributed by atoms with van der Waals surface area (Å²) in [5.41, 5.74) is 0.968. The monoisotopic (exact) mass is 194 g/mol. The maximum atomic E-state index is 11.6. The van der Waals surface area contributed by atoms with Gasteiger partial charge in [0.15, 0.2) is 0 Å². The Morgan fingerprint density at radius 2 is 2.29 bits per heavy atom. The quantitative estimate of drug-likeness (QED) is 0.663. The standard InChI is InChI=1S/C11H18N2O/c1-3-9-4-5-10(7-9)13-11(14)6-8(2)12-13/h9-10H,3-7H2,1-2H3/t9-,10-/m1/s1. The van der Waals surface area contributed by atoms with Gasteiger partial charge in [0.1, 0.15) is 0 Å². The van der Waals surface area contributed by atoms with Gasteiger partial charge in [0.2, 0.25) is 5.91 Å². The van der Waals surface area contributed by atoms with E-state index in [1.54, 1.807) is 5.01 Å². The van der Waals surface area contributed by atoms with Gasteiger partial charge in [-0.3, -0.25) is 4.79 Å². The SMILES string of the molecule is CC[C@@H]1CC[C@@H](N2N=C(C)CC2=O)C1. The molecule has 1 saturated carbocycles. The molecule has 2 aliphatic rings. The third-order valence-electron chi connectivity index (χ3n) is 3.38. The molecule has 0 radical (unpaired) electrons. The Bertz CT molecular complexity index is 272. The van der Waals surface area contributed by atoms with Crippen LogP contribution in [-0.2, 0) is 4.79 Å². The van der Waals surface area contributed by atoms with E-state index in [-0.39, 0.29) is 5.91 Å². The van der Waals surface area contributed by atoms with Gasteiger partial charge in [0, 0.05) is 5.71 Å². The predicted molar refractivity (Wildman–Crippen MR) is 56.0 cm³/mol. The van der Waals surface area contributed by atoms with E-state index in [4.69, 9.17) is 0 Å². The summed E-state index contributed by atoms with van der Waals surface area (Å²) in [6.45, 7) is 4.16. The first kappa shape index (κ1) is 9.69. The molecular weight excluding hydrogens is 176 g/mol. The first-order valence-electron chi connectivity index (χ1n) is 5.56. The number of rotatable bonds is 2. The average molecular weight is 194 g/mol. The zero-order valence-corrected chi connectivity index (χ0v) is 8.99. The molecule has 1 amide bonds. The van der Waals surface area contributed by atoms with Crippen LogP contribution < -0.4 is 0 Å². The zero-order chi connectivity index (χ0) is 10.1. The topological polar surface area (TPSA) is 32.7 Å². The van der Waals surface area contributed by atoms with E-state index in [2.05, 4.69) is 12.0 Å². The van der Waals surface area contributed by atoms with E-state index in [1.807, 2.05) is 6.92 Å². The van der Waals surface area contributed by atoms with Crippen molar-refractivity contribution in [1.29, 1.82) is 0 Å². The fraction of sp³-hybridized carbons (Fsp3) is 0.818. The van der Waals surface area contributed by atoms with Crippen LogP contribution >= 0.6 is 0 Å². The van der Waals surface area contributed by atoms with Crippen LogP contribution in [-0.4, -0.2) is 22.7 Å². The number of hydrogen-bond donors (Lipinski definition) is 0. The molecule has 3 nitrogen and oxygen atoms in total. The Morgan fingerprint density at radius 1 is 1.50 bits per heavy atom. The predicted octanol–water partition coefficient (Wildman–Crippen LogP) is 2.17. The number of nitrogens with zero attached hydrogens (tertiary/aromatic N) is 2. The second-order valence-corrected chi connectivity index (χ2v) is 4.49. The van der Waals surface area contributed by atoms with Gasteiger partial charge < -0.3 is 0 Å².